The van der Waals surface area contributed by atoms with Gasteiger partial charge in [0.2, 0.25) is 5.78 Å². The largest absolute Gasteiger partial charge is 0.478 e. The third-order valence-corrected chi connectivity index (χ3v) is 4.27. The first-order chi connectivity index (χ1) is 9.50. The maximum Gasteiger partial charge on any atom is 0.202 e. The zero-order valence-corrected chi connectivity index (χ0v) is 12.4. The van der Waals surface area contributed by atoms with Crippen molar-refractivity contribution in [3.8, 4) is 0 Å². The van der Waals surface area contributed by atoms with Crippen molar-refractivity contribution >= 4 is 22.6 Å². The van der Waals surface area contributed by atoms with Crippen LogP contribution in [0.2, 0.25) is 0 Å². The van der Waals surface area contributed by atoms with Crippen molar-refractivity contribution in [3.63, 3.8) is 0 Å². The normalized spacial score (nSPS) is 18.6. The smallest absolute Gasteiger partial charge is 0.202 e. The van der Waals surface area contributed by atoms with E-state index in [9.17, 15) is 9.00 Å². The second-order valence-corrected chi connectivity index (χ2v) is 5.77. The first-order valence-corrected chi connectivity index (χ1v) is 7.90. The van der Waals surface area contributed by atoms with Gasteiger partial charge in [0.15, 0.2) is 16.7 Å². The molecule has 0 spiro atoms. The van der Waals surface area contributed by atoms with Crippen LogP contribution in [-0.2, 0) is 26.4 Å². The Morgan fingerprint density at radius 1 is 1.20 bits per heavy atom. The van der Waals surface area contributed by atoms with Crippen LogP contribution in [0, 0.1) is 0 Å². The van der Waals surface area contributed by atoms with E-state index < -0.39 is 16.7 Å². The van der Waals surface area contributed by atoms with Gasteiger partial charge in [0.1, 0.15) is 5.76 Å². The van der Waals surface area contributed by atoms with Gasteiger partial charge in [0.05, 0.1) is 5.75 Å². The quantitative estimate of drug-likeness (QED) is 0.848. The zero-order chi connectivity index (χ0) is 14.8. The van der Waals surface area contributed by atoms with Crippen LogP contribution >= 0.6 is 0 Å². The molecule has 2 rings (SSSR count). The Balaban J connectivity index is 2.19. The topological polar surface area (TPSA) is 63.6 Å². The second kappa shape index (κ2) is 5.89. The van der Waals surface area contributed by atoms with E-state index in [4.69, 9.17) is 9.29 Å². The molecule has 1 aliphatic heterocycles. The molecule has 0 aromatic heterocycles. The van der Waals surface area contributed by atoms with Gasteiger partial charge in [0, 0.05) is 11.6 Å². The molecule has 1 aromatic rings. The molecule has 0 fully saturated rings. The summed E-state index contributed by atoms with van der Waals surface area (Å²) in [5, 5.41) is 0. The van der Waals surface area contributed by atoms with Crippen LogP contribution in [0.25, 0.3) is 5.76 Å². The summed E-state index contributed by atoms with van der Waals surface area (Å²) >= 11 is -1.85. The van der Waals surface area contributed by atoms with Crippen LogP contribution in [0.1, 0.15) is 37.8 Å². The highest BCUT2D eigenvalue weighted by molar-refractivity contribution is 7.78. The van der Waals surface area contributed by atoms with Crippen LogP contribution in [0.4, 0.5) is 0 Å². The SMILES string of the molecule is CCC1(CC)OC(c2ccc(CS(=O)O)cc2)=CC1=O. The van der Waals surface area contributed by atoms with Gasteiger partial charge in [-0.25, -0.2) is 4.21 Å². The number of carbonyl (C=O) groups is 1. The van der Waals surface area contributed by atoms with Gasteiger partial charge in [-0.05, 0) is 18.4 Å². The lowest BCUT2D eigenvalue weighted by atomic mass is 9.93. The van der Waals surface area contributed by atoms with Gasteiger partial charge >= 0.3 is 0 Å². The third-order valence-electron chi connectivity index (χ3n) is 3.69. The highest BCUT2D eigenvalue weighted by atomic mass is 32.2. The standard InChI is InChI=1S/C15H18O4S/c1-3-15(4-2)14(16)9-13(19-15)12-7-5-11(6-8-12)10-20(17)18/h5-9H,3-4,10H2,1-2H3,(H,17,18). The van der Waals surface area contributed by atoms with E-state index in [1.165, 1.54) is 0 Å². The molecule has 0 bridgehead atoms. The van der Waals surface area contributed by atoms with Gasteiger partial charge < -0.3 is 9.29 Å². The van der Waals surface area contributed by atoms with Crippen LogP contribution in [0.5, 0.6) is 0 Å². The fraction of sp³-hybridized carbons (Fsp3) is 0.400. The predicted octanol–water partition coefficient (Wildman–Crippen LogP) is 2.91. The molecule has 1 heterocycles. The molecule has 0 saturated heterocycles. The first kappa shape index (κ1) is 14.9. The molecule has 0 amide bonds. The van der Waals surface area contributed by atoms with Gasteiger partial charge in [0.25, 0.3) is 0 Å². The van der Waals surface area contributed by atoms with E-state index in [1.54, 1.807) is 18.2 Å². The van der Waals surface area contributed by atoms with E-state index in [0.29, 0.717) is 18.6 Å². The van der Waals surface area contributed by atoms with Crippen molar-refractivity contribution in [2.75, 3.05) is 0 Å². The molecule has 4 nitrogen and oxygen atoms in total. The minimum absolute atomic E-state index is 0.0121. The first-order valence-electron chi connectivity index (χ1n) is 6.62. The van der Waals surface area contributed by atoms with Crippen molar-refractivity contribution in [2.24, 2.45) is 0 Å². The molecule has 20 heavy (non-hydrogen) atoms. The molecule has 0 aliphatic carbocycles. The van der Waals surface area contributed by atoms with Crippen LogP contribution < -0.4 is 0 Å². The van der Waals surface area contributed by atoms with Crippen molar-refractivity contribution < 1.29 is 18.3 Å². The van der Waals surface area contributed by atoms with Gasteiger partial charge in [-0.3, -0.25) is 4.79 Å². The second-order valence-electron chi connectivity index (χ2n) is 4.84. The van der Waals surface area contributed by atoms with Crippen molar-refractivity contribution in [3.05, 3.63) is 41.5 Å². The molecule has 1 unspecified atom stereocenters. The number of benzene rings is 1. The number of carbonyl (C=O) groups excluding carboxylic acids is 1. The van der Waals surface area contributed by atoms with Crippen LogP contribution in [0.15, 0.2) is 30.3 Å². The molecule has 1 atom stereocenters. The number of hydrogen-bond donors (Lipinski definition) is 1. The van der Waals surface area contributed by atoms with E-state index in [-0.39, 0.29) is 11.5 Å². The molecule has 0 radical (unpaired) electrons. The summed E-state index contributed by atoms with van der Waals surface area (Å²) in [7, 11) is 0. The Morgan fingerprint density at radius 3 is 2.25 bits per heavy atom. The zero-order valence-electron chi connectivity index (χ0n) is 11.6. The van der Waals surface area contributed by atoms with E-state index in [2.05, 4.69) is 0 Å². The average molecular weight is 294 g/mol. The minimum atomic E-state index is -1.85. The highest BCUT2D eigenvalue weighted by Crippen LogP contribution is 2.36. The molecule has 1 aliphatic rings. The summed E-state index contributed by atoms with van der Waals surface area (Å²) in [5.41, 5.74) is 0.868. The summed E-state index contributed by atoms with van der Waals surface area (Å²) in [4.78, 5) is 12.1. The highest BCUT2D eigenvalue weighted by Gasteiger charge is 2.41. The van der Waals surface area contributed by atoms with Gasteiger partial charge in [-0.15, -0.1) is 0 Å². The predicted molar refractivity (Wildman–Crippen MR) is 78.3 cm³/mol. The number of ketones is 1. The summed E-state index contributed by atoms with van der Waals surface area (Å²) < 4.78 is 25.5. The van der Waals surface area contributed by atoms with Crippen molar-refractivity contribution in [1.29, 1.82) is 0 Å². The lowest BCUT2D eigenvalue weighted by Gasteiger charge is -2.25. The Morgan fingerprint density at radius 2 is 1.80 bits per heavy atom. The lowest BCUT2D eigenvalue weighted by molar-refractivity contribution is -0.129. The summed E-state index contributed by atoms with van der Waals surface area (Å²) in [5.74, 6) is 0.695. The Labute approximate surface area is 121 Å². The van der Waals surface area contributed by atoms with E-state index in [1.807, 2.05) is 26.0 Å². The number of rotatable bonds is 5. The van der Waals surface area contributed by atoms with Crippen molar-refractivity contribution in [1.82, 2.24) is 0 Å². The summed E-state index contributed by atoms with van der Waals surface area (Å²) in [6.07, 6.45) is 2.83. The van der Waals surface area contributed by atoms with Crippen LogP contribution in [0.3, 0.4) is 0 Å². The monoisotopic (exact) mass is 294 g/mol. The van der Waals surface area contributed by atoms with Gasteiger partial charge in [-0.1, -0.05) is 38.1 Å². The van der Waals surface area contributed by atoms with E-state index in [0.717, 1.165) is 11.1 Å². The molecular formula is C15H18O4S. The molecule has 5 heteroatoms. The summed E-state index contributed by atoms with van der Waals surface area (Å²) in [6.45, 7) is 3.88. The molecular weight excluding hydrogens is 276 g/mol. The Bertz CT molecular complexity index is 556. The molecule has 1 N–H and O–H groups in total. The van der Waals surface area contributed by atoms with Crippen molar-refractivity contribution in [2.45, 2.75) is 38.0 Å². The third kappa shape index (κ3) is 2.83. The van der Waals surface area contributed by atoms with Crippen LogP contribution in [-0.4, -0.2) is 20.1 Å². The number of hydrogen-bond acceptors (Lipinski definition) is 3. The maximum absolute atomic E-state index is 12.1. The fourth-order valence-corrected chi connectivity index (χ4v) is 2.81. The average Bonchev–Trinajstić information content (AvgIpc) is 2.76. The molecule has 0 saturated carbocycles. The fourth-order valence-electron chi connectivity index (χ4n) is 2.33. The minimum Gasteiger partial charge on any atom is -0.478 e. The Kier molecular flexibility index (Phi) is 4.40. The molecule has 1 aromatic carbocycles. The Hall–Kier alpha value is -1.46. The van der Waals surface area contributed by atoms with Gasteiger partial charge in [-0.2, -0.15) is 0 Å². The lowest BCUT2D eigenvalue weighted by Crippen LogP contribution is -2.34. The number of ether oxygens (including phenoxy) is 1. The molecule has 108 valence electrons. The summed E-state index contributed by atoms with van der Waals surface area (Å²) in [6, 6.07) is 7.16. The maximum atomic E-state index is 12.1. The van der Waals surface area contributed by atoms with E-state index >= 15 is 0 Å².